The van der Waals surface area contributed by atoms with Crippen LogP contribution < -0.4 is 10.1 Å². The zero-order chi connectivity index (χ0) is 25.2. The third-order valence-corrected chi connectivity index (χ3v) is 6.26. The van der Waals surface area contributed by atoms with Crippen LogP contribution in [0.3, 0.4) is 0 Å². The fourth-order valence-corrected chi connectivity index (χ4v) is 3.92. The highest BCUT2D eigenvalue weighted by atomic mass is 16.5. The van der Waals surface area contributed by atoms with E-state index in [-0.39, 0.29) is 18.4 Å². The molecule has 184 valence electrons. The summed E-state index contributed by atoms with van der Waals surface area (Å²) in [4.78, 5) is 28.6. The largest absolute Gasteiger partial charge is 0.484 e. The molecule has 3 rings (SSSR count). The van der Waals surface area contributed by atoms with Crippen molar-refractivity contribution in [3.8, 4) is 5.75 Å². The smallest absolute Gasteiger partial charge is 0.261 e. The Labute approximate surface area is 209 Å². The van der Waals surface area contributed by atoms with E-state index in [9.17, 15) is 9.59 Å². The molecule has 5 nitrogen and oxygen atoms in total. The Morgan fingerprint density at radius 2 is 1.60 bits per heavy atom. The van der Waals surface area contributed by atoms with Crippen molar-refractivity contribution in [1.29, 1.82) is 0 Å². The number of rotatable bonds is 11. The average molecular weight is 473 g/mol. The second kappa shape index (κ2) is 12.7. The number of amides is 2. The third-order valence-electron chi connectivity index (χ3n) is 6.26. The topological polar surface area (TPSA) is 58.6 Å². The van der Waals surface area contributed by atoms with E-state index in [1.807, 2.05) is 100 Å². The lowest BCUT2D eigenvalue weighted by atomic mass is 10.0. The molecule has 2 amide bonds. The molecule has 1 N–H and O–H groups in total. The van der Waals surface area contributed by atoms with E-state index in [0.717, 1.165) is 28.7 Å². The fourth-order valence-electron chi connectivity index (χ4n) is 3.92. The highest BCUT2D eigenvalue weighted by Gasteiger charge is 2.30. The third kappa shape index (κ3) is 7.44. The summed E-state index contributed by atoms with van der Waals surface area (Å²) in [6, 6.07) is 22.9. The molecule has 0 fully saturated rings. The number of hydrogen-bond donors (Lipinski definition) is 1. The van der Waals surface area contributed by atoms with Crippen molar-refractivity contribution in [3.63, 3.8) is 0 Å². The number of nitrogens with zero attached hydrogens (tertiary/aromatic N) is 1. The lowest BCUT2D eigenvalue weighted by molar-refractivity contribution is -0.142. The zero-order valence-corrected chi connectivity index (χ0v) is 21.2. The molecule has 3 aromatic rings. The first-order valence-electron chi connectivity index (χ1n) is 12.2. The molecule has 0 unspecified atom stereocenters. The summed E-state index contributed by atoms with van der Waals surface area (Å²) in [5.74, 6) is 0.273. The predicted octanol–water partition coefficient (Wildman–Crippen LogP) is 5.16. The standard InChI is InChI=1S/C30H36N2O3/c1-5-17-31-30(34)28(19-25-12-7-6-8-13-25)32(20-26-14-10-9-11-23(26)3)29(33)21-35-27-16-15-22(2)24(4)18-27/h6-16,18,28H,5,17,19-21H2,1-4H3,(H,31,34)/t28-/m1/s1. The molecule has 0 radical (unpaired) electrons. The van der Waals surface area contributed by atoms with Gasteiger partial charge in [0.25, 0.3) is 5.91 Å². The maximum atomic E-state index is 13.6. The van der Waals surface area contributed by atoms with Gasteiger partial charge in [0.2, 0.25) is 5.91 Å². The molecule has 0 saturated carbocycles. The van der Waals surface area contributed by atoms with E-state index >= 15 is 0 Å². The minimum atomic E-state index is -0.653. The first-order valence-corrected chi connectivity index (χ1v) is 12.2. The van der Waals surface area contributed by atoms with Gasteiger partial charge in [-0.05, 0) is 67.1 Å². The van der Waals surface area contributed by atoms with Gasteiger partial charge in [0.15, 0.2) is 6.61 Å². The van der Waals surface area contributed by atoms with Crippen LogP contribution in [0, 0.1) is 20.8 Å². The van der Waals surface area contributed by atoms with Crippen molar-refractivity contribution in [2.75, 3.05) is 13.2 Å². The van der Waals surface area contributed by atoms with Gasteiger partial charge in [-0.2, -0.15) is 0 Å². The summed E-state index contributed by atoms with van der Waals surface area (Å²) < 4.78 is 5.89. The van der Waals surface area contributed by atoms with Crippen molar-refractivity contribution in [1.82, 2.24) is 10.2 Å². The average Bonchev–Trinajstić information content (AvgIpc) is 2.86. The van der Waals surface area contributed by atoms with Crippen molar-refractivity contribution in [2.45, 2.75) is 53.1 Å². The second-order valence-electron chi connectivity index (χ2n) is 8.98. The molecule has 0 bridgehead atoms. The number of aryl methyl sites for hydroxylation is 3. The molecule has 0 spiro atoms. The monoisotopic (exact) mass is 472 g/mol. The van der Waals surface area contributed by atoms with E-state index in [1.54, 1.807) is 4.90 Å². The minimum Gasteiger partial charge on any atom is -0.484 e. The van der Waals surface area contributed by atoms with Crippen molar-refractivity contribution in [2.24, 2.45) is 0 Å². The van der Waals surface area contributed by atoms with E-state index in [2.05, 4.69) is 5.32 Å². The maximum Gasteiger partial charge on any atom is 0.261 e. The molecule has 0 saturated heterocycles. The molecule has 3 aromatic carbocycles. The number of carbonyl (C=O) groups is 2. The Kier molecular flexibility index (Phi) is 9.47. The van der Waals surface area contributed by atoms with Gasteiger partial charge in [0.05, 0.1) is 0 Å². The maximum absolute atomic E-state index is 13.6. The van der Waals surface area contributed by atoms with Crippen LogP contribution in [0.1, 0.15) is 41.2 Å². The lowest BCUT2D eigenvalue weighted by Crippen LogP contribution is -2.51. The van der Waals surface area contributed by atoms with Gasteiger partial charge < -0.3 is 15.0 Å². The van der Waals surface area contributed by atoms with Gasteiger partial charge in [0, 0.05) is 19.5 Å². The van der Waals surface area contributed by atoms with Crippen molar-refractivity contribution < 1.29 is 14.3 Å². The van der Waals surface area contributed by atoms with Crippen LogP contribution >= 0.6 is 0 Å². The molecular weight excluding hydrogens is 436 g/mol. The molecule has 5 heteroatoms. The molecule has 0 heterocycles. The predicted molar refractivity (Wildman–Crippen MR) is 140 cm³/mol. The van der Waals surface area contributed by atoms with Crippen LogP contribution in [0.2, 0.25) is 0 Å². The van der Waals surface area contributed by atoms with E-state index in [4.69, 9.17) is 4.74 Å². The van der Waals surface area contributed by atoms with Gasteiger partial charge >= 0.3 is 0 Å². The Bertz CT molecular complexity index is 1130. The van der Waals surface area contributed by atoms with Crippen LogP contribution in [0.25, 0.3) is 0 Å². The van der Waals surface area contributed by atoms with Crippen molar-refractivity contribution in [3.05, 3.63) is 101 Å². The summed E-state index contributed by atoms with van der Waals surface area (Å²) in [6.45, 7) is 8.85. The Hall–Kier alpha value is -3.60. The molecule has 35 heavy (non-hydrogen) atoms. The van der Waals surface area contributed by atoms with Gasteiger partial charge in [-0.3, -0.25) is 9.59 Å². The molecular formula is C30H36N2O3. The highest BCUT2D eigenvalue weighted by Crippen LogP contribution is 2.19. The first kappa shape index (κ1) is 26.0. The van der Waals surface area contributed by atoms with Gasteiger partial charge in [-0.15, -0.1) is 0 Å². The summed E-state index contributed by atoms with van der Waals surface area (Å²) in [5, 5.41) is 3.00. The van der Waals surface area contributed by atoms with Gasteiger partial charge in [-0.1, -0.05) is 67.6 Å². The highest BCUT2D eigenvalue weighted by molar-refractivity contribution is 5.88. The summed E-state index contributed by atoms with van der Waals surface area (Å²) in [6.07, 6.45) is 1.25. The Balaban J connectivity index is 1.90. The second-order valence-corrected chi connectivity index (χ2v) is 8.98. The first-order chi connectivity index (χ1) is 16.9. The molecule has 0 aliphatic carbocycles. The summed E-state index contributed by atoms with van der Waals surface area (Å²) in [5.41, 5.74) is 5.36. The van der Waals surface area contributed by atoms with Crippen molar-refractivity contribution >= 4 is 11.8 Å². The molecule has 1 atom stereocenters. The van der Waals surface area contributed by atoms with E-state index in [0.29, 0.717) is 25.3 Å². The number of benzene rings is 3. The summed E-state index contributed by atoms with van der Waals surface area (Å²) in [7, 11) is 0. The van der Waals surface area contributed by atoms with Gasteiger partial charge in [0.1, 0.15) is 11.8 Å². The van der Waals surface area contributed by atoms with E-state index in [1.165, 1.54) is 5.56 Å². The molecule has 0 aromatic heterocycles. The van der Waals surface area contributed by atoms with E-state index < -0.39 is 6.04 Å². The normalized spacial score (nSPS) is 11.5. The number of carbonyl (C=O) groups excluding carboxylic acids is 2. The van der Waals surface area contributed by atoms with Crippen LogP contribution in [0.4, 0.5) is 0 Å². The number of nitrogens with one attached hydrogen (secondary N) is 1. The quantitative estimate of drug-likeness (QED) is 0.420. The SMILES string of the molecule is CCCNC(=O)[C@@H](Cc1ccccc1)N(Cc1ccccc1C)C(=O)COc1ccc(C)c(C)c1. The number of ether oxygens (including phenoxy) is 1. The van der Waals surface area contributed by atoms with Crippen LogP contribution in [0.15, 0.2) is 72.8 Å². The Morgan fingerprint density at radius 3 is 2.29 bits per heavy atom. The van der Waals surface area contributed by atoms with Crippen LogP contribution in [-0.2, 0) is 22.6 Å². The molecule has 0 aliphatic rings. The zero-order valence-electron chi connectivity index (χ0n) is 21.2. The lowest BCUT2D eigenvalue weighted by Gasteiger charge is -2.32. The van der Waals surface area contributed by atoms with Crippen LogP contribution in [-0.4, -0.2) is 35.9 Å². The van der Waals surface area contributed by atoms with Crippen LogP contribution in [0.5, 0.6) is 5.75 Å². The Morgan fingerprint density at radius 1 is 0.886 bits per heavy atom. The fraction of sp³-hybridized carbons (Fsp3) is 0.333. The summed E-state index contributed by atoms with van der Waals surface area (Å²) >= 11 is 0. The van der Waals surface area contributed by atoms with Gasteiger partial charge in [-0.25, -0.2) is 0 Å². The minimum absolute atomic E-state index is 0.138. The number of hydrogen-bond acceptors (Lipinski definition) is 3. The molecule has 0 aliphatic heterocycles.